The van der Waals surface area contributed by atoms with E-state index >= 15 is 0 Å². The first-order chi connectivity index (χ1) is 13.4. The van der Waals surface area contributed by atoms with E-state index in [4.69, 9.17) is 4.74 Å². The van der Waals surface area contributed by atoms with E-state index in [-0.39, 0.29) is 18.2 Å². The van der Waals surface area contributed by atoms with Crippen LogP contribution < -0.4 is 10.2 Å². The number of carbonyl (C=O) groups is 3. The fourth-order valence-corrected chi connectivity index (χ4v) is 3.70. The monoisotopic (exact) mass is 401 g/mol. The van der Waals surface area contributed by atoms with Gasteiger partial charge < -0.3 is 10.1 Å². The summed E-state index contributed by atoms with van der Waals surface area (Å²) in [5.74, 6) is -0.819. The van der Waals surface area contributed by atoms with Crippen molar-refractivity contribution >= 4 is 34.3 Å². The van der Waals surface area contributed by atoms with Crippen molar-refractivity contribution in [3.8, 4) is 0 Å². The average molecular weight is 401 g/mol. The summed E-state index contributed by atoms with van der Waals surface area (Å²) in [5.41, 5.74) is 2.66. The molecule has 2 amide bonds. The van der Waals surface area contributed by atoms with Crippen LogP contribution in [0.25, 0.3) is 0 Å². The van der Waals surface area contributed by atoms with Crippen LogP contribution in [0.5, 0.6) is 0 Å². The highest BCUT2D eigenvalue weighted by Crippen LogP contribution is 2.25. The molecule has 0 unspecified atom stereocenters. The van der Waals surface area contributed by atoms with Crippen LogP contribution in [-0.2, 0) is 32.1 Å². The summed E-state index contributed by atoms with van der Waals surface area (Å²) in [4.78, 5) is 42.0. The van der Waals surface area contributed by atoms with Gasteiger partial charge in [0, 0.05) is 24.9 Å². The lowest BCUT2D eigenvalue weighted by Gasteiger charge is -2.13. The van der Waals surface area contributed by atoms with Crippen LogP contribution in [0, 0.1) is 6.92 Å². The zero-order valence-electron chi connectivity index (χ0n) is 15.9. The molecule has 0 saturated carbocycles. The summed E-state index contributed by atoms with van der Waals surface area (Å²) in [6.07, 6.45) is 0.432. The van der Waals surface area contributed by atoms with Crippen molar-refractivity contribution in [3.05, 3.63) is 46.5 Å². The number of benzene rings is 1. The third-order valence-corrected chi connectivity index (χ3v) is 5.35. The molecule has 28 heavy (non-hydrogen) atoms. The van der Waals surface area contributed by atoms with Crippen LogP contribution >= 0.6 is 11.3 Å². The van der Waals surface area contributed by atoms with Crippen molar-refractivity contribution in [1.82, 2.24) is 10.3 Å². The summed E-state index contributed by atoms with van der Waals surface area (Å²) in [6.45, 7) is 4.57. The Morgan fingerprint density at radius 1 is 1.32 bits per heavy atom. The van der Waals surface area contributed by atoms with Crippen LogP contribution in [0.15, 0.2) is 29.6 Å². The van der Waals surface area contributed by atoms with E-state index in [0.29, 0.717) is 30.3 Å². The summed E-state index contributed by atoms with van der Waals surface area (Å²) >= 11 is 1.33. The van der Waals surface area contributed by atoms with Crippen LogP contribution in [0.3, 0.4) is 0 Å². The van der Waals surface area contributed by atoms with Gasteiger partial charge in [-0.2, -0.15) is 0 Å². The maximum absolute atomic E-state index is 12.1. The van der Waals surface area contributed by atoms with Gasteiger partial charge in [0.15, 0.2) is 11.2 Å². The predicted molar refractivity (Wildman–Crippen MR) is 106 cm³/mol. The van der Waals surface area contributed by atoms with Crippen LogP contribution in [0.2, 0.25) is 0 Å². The number of ether oxygens (including phenoxy) is 1. The van der Waals surface area contributed by atoms with E-state index in [1.165, 1.54) is 18.3 Å². The molecule has 0 radical (unpaired) electrons. The Kier molecular flexibility index (Phi) is 6.41. The van der Waals surface area contributed by atoms with Crippen LogP contribution in [-0.4, -0.2) is 35.4 Å². The highest BCUT2D eigenvalue weighted by molar-refractivity contribution is 7.14. The molecular formula is C20H23N3O4S. The number of aryl methyl sites for hydroxylation is 1. The maximum atomic E-state index is 12.1. The molecule has 7 nitrogen and oxygen atoms in total. The highest BCUT2D eigenvalue weighted by Gasteiger charge is 2.25. The molecule has 0 aliphatic carbocycles. The van der Waals surface area contributed by atoms with Gasteiger partial charge in [-0.3, -0.25) is 19.3 Å². The van der Waals surface area contributed by atoms with Gasteiger partial charge in [0.1, 0.15) is 0 Å². The minimum absolute atomic E-state index is 0.0336. The van der Waals surface area contributed by atoms with E-state index < -0.39 is 12.1 Å². The first-order valence-corrected chi connectivity index (χ1v) is 10.1. The average Bonchev–Trinajstić information content (AvgIpc) is 3.29. The number of hydrogen-bond donors (Lipinski definition) is 1. The van der Waals surface area contributed by atoms with Gasteiger partial charge in [0.05, 0.1) is 12.1 Å². The lowest BCUT2D eigenvalue weighted by molar-refractivity contribution is -0.154. The topological polar surface area (TPSA) is 88.6 Å². The Morgan fingerprint density at radius 2 is 2.07 bits per heavy atom. The van der Waals surface area contributed by atoms with Crippen molar-refractivity contribution in [2.75, 3.05) is 11.4 Å². The molecule has 1 aromatic heterocycles. The van der Waals surface area contributed by atoms with E-state index in [9.17, 15) is 14.4 Å². The van der Waals surface area contributed by atoms with E-state index in [2.05, 4.69) is 10.3 Å². The number of nitrogens with one attached hydrogen (secondary N) is 1. The second-order valence-electron chi connectivity index (χ2n) is 6.78. The molecule has 1 saturated heterocycles. The van der Waals surface area contributed by atoms with Gasteiger partial charge in [-0.15, -0.1) is 11.3 Å². The maximum Gasteiger partial charge on any atom is 0.312 e. The largest absolute Gasteiger partial charge is 0.452 e. The van der Waals surface area contributed by atoms with Gasteiger partial charge in [0.25, 0.3) is 5.91 Å². The minimum Gasteiger partial charge on any atom is -0.452 e. The van der Waals surface area contributed by atoms with Crippen molar-refractivity contribution in [1.29, 1.82) is 0 Å². The molecule has 1 aliphatic rings. The molecule has 2 aromatic rings. The Labute approximate surface area is 167 Å². The fraction of sp³-hybridized carbons (Fsp3) is 0.400. The molecule has 0 spiro atoms. The number of nitrogens with zero attached hydrogens (tertiary/aromatic N) is 2. The third kappa shape index (κ3) is 5.16. The van der Waals surface area contributed by atoms with Gasteiger partial charge in [-0.25, -0.2) is 4.98 Å². The molecular weight excluding hydrogens is 378 g/mol. The summed E-state index contributed by atoms with van der Waals surface area (Å²) < 4.78 is 5.21. The Bertz CT molecular complexity index is 863. The molecule has 1 atom stereocenters. The number of hydrogen-bond acceptors (Lipinski definition) is 6. The number of anilines is 1. The Balaban J connectivity index is 1.46. The predicted octanol–water partition coefficient (Wildman–Crippen LogP) is 2.37. The van der Waals surface area contributed by atoms with E-state index in [1.54, 1.807) is 10.3 Å². The number of carbonyl (C=O) groups excluding carboxylic acids is 3. The van der Waals surface area contributed by atoms with E-state index in [1.807, 2.05) is 31.2 Å². The number of aromatic nitrogens is 1. The Morgan fingerprint density at radius 3 is 2.75 bits per heavy atom. The zero-order chi connectivity index (χ0) is 20.1. The van der Waals surface area contributed by atoms with Gasteiger partial charge in [-0.05, 0) is 25.8 Å². The second-order valence-corrected chi connectivity index (χ2v) is 7.62. The first-order valence-electron chi connectivity index (χ1n) is 9.20. The minimum atomic E-state index is -0.892. The molecule has 2 heterocycles. The van der Waals surface area contributed by atoms with Crippen LogP contribution in [0.1, 0.15) is 36.6 Å². The van der Waals surface area contributed by atoms with E-state index in [0.717, 1.165) is 17.5 Å². The quantitative estimate of drug-likeness (QED) is 0.720. The van der Waals surface area contributed by atoms with Crippen molar-refractivity contribution in [2.24, 2.45) is 0 Å². The Hall–Kier alpha value is -2.74. The lowest BCUT2D eigenvalue weighted by atomic mass is 10.1. The molecule has 1 fully saturated rings. The molecule has 0 bridgehead atoms. The summed E-state index contributed by atoms with van der Waals surface area (Å²) in [7, 11) is 0. The first kappa shape index (κ1) is 20.0. The molecule has 148 valence electrons. The number of thiazole rings is 1. The fourth-order valence-electron chi connectivity index (χ4n) is 2.83. The molecule has 1 N–H and O–H groups in total. The molecule has 3 rings (SSSR count). The SMILES string of the molecule is Cc1ccc(CNC(=O)[C@H](C)OC(=O)Cc2csc(N3CCCC3=O)n2)cc1. The van der Waals surface area contributed by atoms with Crippen molar-refractivity contribution < 1.29 is 19.1 Å². The molecule has 8 heteroatoms. The highest BCUT2D eigenvalue weighted by atomic mass is 32.1. The van der Waals surface area contributed by atoms with Crippen molar-refractivity contribution in [2.45, 2.75) is 45.8 Å². The normalized spacial score (nSPS) is 14.8. The standard InChI is InChI=1S/C20H23N3O4S/c1-13-5-7-15(8-6-13)11-21-19(26)14(2)27-18(25)10-16-12-28-20(22-16)23-9-3-4-17(23)24/h5-8,12,14H,3-4,9-11H2,1-2H3,(H,21,26)/t14-/m0/s1. The number of amides is 2. The number of rotatable bonds is 7. The molecule has 1 aromatic carbocycles. The van der Waals surface area contributed by atoms with Gasteiger partial charge in [0.2, 0.25) is 5.91 Å². The van der Waals surface area contributed by atoms with Gasteiger partial charge >= 0.3 is 5.97 Å². The smallest absolute Gasteiger partial charge is 0.312 e. The third-order valence-electron chi connectivity index (χ3n) is 4.43. The zero-order valence-corrected chi connectivity index (χ0v) is 16.8. The number of esters is 1. The lowest BCUT2D eigenvalue weighted by Crippen LogP contribution is -2.35. The molecule has 1 aliphatic heterocycles. The summed E-state index contributed by atoms with van der Waals surface area (Å²) in [5, 5.41) is 5.11. The van der Waals surface area contributed by atoms with Crippen molar-refractivity contribution in [3.63, 3.8) is 0 Å². The van der Waals surface area contributed by atoms with Gasteiger partial charge in [-0.1, -0.05) is 29.8 Å². The second kappa shape index (κ2) is 8.97. The van der Waals surface area contributed by atoms with Crippen LogP contribution in [0.4, 0.5) is 5.13 Å². The summed E-state index contributed by atoms with van der Waals surface area (Å²) in [6, 6.07) is 7.83.